The van der Waals surface area contributed by atoms with Gasteiger partial charge in [-0.25, -0.2) is 0 Å². The summed E-state index contributed by atoms with van der Waals surface area (Å²) < 4.78 is 5.23. The molecule has 1 aromatic heterocycles. The third-order valence-electron chi connectivity index (χ3n) is 5.04. The van der Waals surface area contributed by atoms with Crippen LogP contribution in [0.5, 0.6) is 0 Å². The summed E-state index contributed by atoms with van der Waals surface area (Å²) in [6.07, 6.45) is 10.8. The largest absolute Gasteiger partial charge is 0.347 e. The summed E-state index contributed by atoms with van der Waals surface area (Å²) in [6.45, 7) is 0.300. The van der Waals surface area contributed by atoms with Crippen LogP contribution in [0.3, 0.4) is 0 Å². The Morgan fingerprint density at radius 1 is 1.22 bits per heavy atom. The van der Waals surface area contributed by atoms with Gasteiger partial charge in [0.15, 0.2) is 5.82 Å². The van der Waals surface area contributed by atoms with Gasteiger partial charge in [-0.3, -0.25) is 4.79 Å². The van der Waals surface area contributed by atoms with Gasteiger partial charge in [0.25, 0.3) is 0 Å². The van der Waals surface area contributed by atoms with Gasteiger partial charge in [-0.2, -0.15) is 4.98 Å². The van der Waals surface area contributed by atoms with Gasteiger partial charge in [0.2, 0.25) is 11.8 Å². The maximum Gasteiger partial charge on any atom is 0.246 e. The Morgan fingerprint density at radius 3 is 2.61 bits per heavy atom. The first-order valence-corrected chi connectivity index (χ1v) is 8.54. The molecule has 0 aliphatic heterocycles. The van der Waals surface area contributed by atoms with Crippen LogP contribution in [0.1, 0.15) is 75.9 Å². The van der Waals surface area contributed by atoms with Crippen molar-refractivity contribution in [3.8, 4) is 0 Å². The first kappa shape index (κ1) is 18.2. The third kappa shape index (κ3) is 4.67. The minimum absolute atomic E-state index is 0. The molecule has 3 rings (SSSR count). The van der Waals surface area contributed by atoms with Crippen molar-refractivity contribution in [2.24, 2.45) is 11.7 Å². The fourth-order valence-electron chi connectivity index (χ4n) is 3.66. The van der Waals surface area contributed by atoms with Crippen molar-refractivity contribution in [3.05, 3.63) is 11.7 Å². The van der Waals surface area contributed by atoms with Gasteiger partial charge < -0.3 is 15.6 Å². The zero-order valence-corrected chi connectivity index (χ0v) is 14.4. The highest BCUT2D eigenvalue weighted by atomic mass is 35.5. The first-order valence-electron chi connectivity index (χ1n) is 8.54. The van der Waals surface area contributed by atoms with Gasteiger partial charge in [-0.1, -0.05) is 37.3 Å². The highest BCUT2D eigenvalue weighted by Gasteiger charge is 2.35. The van der Waals surface area contributed by atoms with E-state index in [4.69, 9.17) is 10.3 Å². The fraction of sp³-hybridized carbons (Fsp3) is 0.812. The lowest BCUT2D eigenvalue weighted by Gasteiger charge is -2.20. The summed E-state index contributed by atoms with van der Waals surface area (Å²) in [5.74, 6) is 1.65. The number of aromatic nitrogens is 2. The van der Waals surface area contributed by atoms with Gasteiger partial charge in [-0.15, -0.1) is 12.4 Å². The summed E-state index contributed by atoms with van der Waals surface area (Å²) in [7, 11) is 0. The monoisotopic (exact) mass is 342 g/mol. The number of rotatable bonds is 5. The maximum atomic E-state index is 12.0. The summed E-state index contributed by atoms with van der Waals surface area (Å²) in [6, 6.07) is 0. The molecule has 1 aromatic rings. The second-order valence-corrected chi connectivity index (χ2v) is 6.86. The van der Waals surface area contributed by atoms with Crippen LogP contribution in [-0.2, 0) is 16.9 Å². The van der Waals surface area contributed by atoms with Crippen LogP contribution in [0.4, 0.5) is 0 Å². The van der Waals surface area contributed by atoms with E-state index in [1.54, 1.807) is 0 Å². The molecule has 6 nitrogen and oxygen atoms in total. The minimum Gasteiger partial charge on any atom is -0.347 e. The Balaban J connectivity index is 0.00000192. The molecule has 23 heavy (non-hydrogen) atoms. The smallest absolute Gasteiger partial charge is 0.246 e. The number of nitrogens with one attached hydrogen (secondary N) is 1. The van der Waals surface area contributed by atoms with Crippen molar-refractivity contribution >= 4 is 18.3 Å². The molecule has 3 N–H and O–H groups in total. The Labute approximate surface area is 143 Å². The highest BCUT2D eigenvalue weighted by Crippen LogP contribution is 2.34. The molecule has 1 heterocycles. The van der Waals surface area contributed by atoms with Crippen LogP contribution >= 0.6 is 12.4 Å². The quantitative estimate of drug-likeness (QED) is 0.858. The highest BCUT2D eigenvalue weighted by molar-refractivity contribution is 5.85. The van der Waals surface area contributed by atoms with E-state index in [0.717, 1.165) is 25.7 Å². The van der Waals surface area contributed by atoms with Crippen molar-refractivity contribution in [2.75, 3.05) is 0 Å². The number of nitrogens with two attached hydrogens (primary N) is 1. The molecule has 7 heteroatoms. The maximum absolute atomic E-state index is 12.0. The Hall–Kier alpha value is -1.14. The SMILES string of the molecule is Cl.NC1(c2noc(CNC(=O)CC3CCCCC3)n2)CCCC1. The van der Waals surface area contributed by atoms with E-state index in [9.17, 15) is 4.79 Å². The van der Waals surface area contributed by atoms with Crippen molar-refractivity contribution in [1.82, 2.24) is 15.5 Å². The van der Waals surface area contributed by atoms with Crippen LogP contribution in [0.15, 0.2) is 4.52 Å². The molecular weight excluding hydrogens is 316 g/mol. The number of carbonyl (C=O) groups is 1. The zero-order chi connectivity index (χ0) is 15.4. The van der Waals surface area contributed by atoms with E-state index >= 15 is 0 Å². The van der Waals surface area contributed by atoms with Crippen LogP contribution in [-0.4, -0.2) is 16.0 Å². The molecule has 2 aliphatic rings. The third-order valence-corrected chi connectivity index (χ3v) is 5.04. The normalized spacial score (nSPS) is 20.9. The Morgan fingerprint density at radius 2 is 1.91 bits per heavy atom. The molecule has 0 unspecified atom stereocenters. The first-order chi connectivity index (χ1) is 10.7. The number of amides is 1. The average molecular weight is 343 g/mol. The Bertz CT molecular complexity index is 508. The molecule has 2 aliphatic carbocycles. The number of carbonyl (C=O) groups excluding carboxylic acids is 1. The second kappa shape index (κ2) is 8.11. The molecule has 2 saturated carbocycles. The summed E-state index contributed by atoms with van der Waals surface area (Å²) in [5, 5.41) is 6.89. The van der Waals surface area contributed by atoms with E-state index in [1.165, 1.54) is 32.1 Å². The van der Waals surface area contributed by atoms with Crippen molar-refractivity contribution in [3.63, 3.8) is 0 Å². The van der Waals surface area contributed by atoms with Crippen molar-refractivity contribution < 1.29 is 9.32 Å². The molecule has 0 saturated heterocycles. The predicted molar refractivity (Wildman–Crippen MR) is 88.9 cm³/mol. The van der Waals surface area contributed by atoms with Gasteiger partial charge >= 0.3 is 0 Å². The number of hydrogen-bond acceptors (Lipinski definition) is 5. The number of hydrogen-bond donors (Lipinski definition) is 2. The molecule has 2 fully saturated rings. The lowest BCUT2D eigenvalue weighted by molar-refractivity contribution is -0.122. The molecule has 130 valence electrons. The van der Waals surface area contributed by atoms with E-state index in [2.05, 4.69) is 15.5 Å². The zero-order valence-electron chi connectivity index (χ0n) is 13.6. The van der Waals surface area contributed by atoms with E-state index < -0.39 is 5.54 Å². The van der Waals surface area contributed by atoms with Crippen LogP contribution in [0.25, 0.3) is 0 Å². The fourth-order valence-corrected chi connectivity index (χ4v) is 3.66. The summed E-state index contributed by atoms with van der Waals surface area (Å²) in [4.78, 5) is 16.4. The van der Waals surface area contributed by atoms with Gasteiger partial charge in [0, 0.05) is 6.42 Å². The standard InChI is InChI=1S/C16H26N4O2.ClH/c17-16(8-4-5-9-16)15-19-14(22-20-15)11-18-13(21)10-12-6-2-1-3-7-12;/h12H,1-11,17H2,(H,18,21);1H. The summed E-state index contributed by atoms with van der Waals surface area (Å²) in [5.41, 5.74) is 5.86. The van der Waals surface area contributed by atoms with Crippen LogP contribution < -0.4 is 11.1 Å². The lowest BCUT2D eigenvalue weighted by Crippen LogP contribution is -2.34. The molecule has 0 bridgehead atoms. The molecule has 0 atom stereocenters. The van der Waals surface area contributed by atoms with Crippen molar-refractivity contribution in [2.45, 2.75) is 76.3 Å². The van der Waals surface area contributed by atoms with Gasteiger partial charge in [0.1, 0.15) is 0 Å². The van der Waals surface area contributed by atoms with Gasteiger partial charge in [-0.05, 0) is 31.6 Å². The van der Waals surface area contributed by atoms with Gasteiger partial charge in [0.05, 0.1) is 12.1 Å². The second-order valence-electron chi connectivity index (χ2n) is 6.86. The topological polar surface area (TPSA) is 94.0 Å². The van der Waals surface area contributed by atoms with E-state index in [-0.39, 0.29) is 18.3 Å². The molecule has 0 radical (unpaired) electrons. The van der Waals surface area contributed by atoms with Crippen molar-refractivity contribution in [1.29, 1.82) is 0 Å². The molecular formula is C16H27ClN4O2. The van der Waals surface area contributed by atoms with Crippen LogP contribution in [0.2, 0.25) is 0 Å². The van der Waals surface area contributed by atoms with E-state index in [1.807, 2.05) is 0 Å². The molecule has 1 amide bonds. The predicted octanol–water partition coefficient (Wildman–Crippen LogP) is 2.81. The summed E-state index contributed by atoms with van der Waals surface area (Å²) >= 11 is 0. The Kier molecular flexibility index (Phi) is 6.41. The number of halogens is 1. The van der Waals surface area contributed by atoms with E-state index in [0.29, 0.717) is 30.6 Å². The molecule has 0 aromatic carbocycles. The van der Waals surface area contributed by atoms with Crippen LogP contribution in [0, 0.1) is 5.92 Å². The lowest BCUT2D eigenvalue weighted by atomic mass is 9.87. The average Bonchev–Trinajstić information content (AvgIpc) is 3.16. The number of nitrogens with zero attached hydrogens (tertiary/aromatic N) is 2. The molecule has 0 spiro atoms. The minimum atomic E-state index is -0.437.